The lowest BCUT2D eigenvalue weighted by molar-refractivity contribution is -0.137. The summed E-state index contributed by atoms with van der Waals surface area (Å²) in [6.45, 7) is 1.26. The van der Waals surface area contributed by atoms with Gasteiger partial charge in [0.1, 0.15) is 0 Å². The molecule has 0 rings (SSSR count). The Labute approximate surface area is 78.8 Å². The van der Waals surface area contributed by atoms with E-state index in [1.165, 1.54) is 0 Å². The molecule has 0 radical (unpaired) electrons. The Morgan fingerprint density at radius 2 is 1.85 bits per heavy atom. The smallest absolute Gasteiger partial charge is 0.303 e. The molecular formula is C9H18O4. The number of hydrogen-bond acceptors (Lipinski definition) is 3. The average Bonchev–Trinajstić information content (AvgIpc) is 2.04. The van der Waals surface area contributed by atoms with Crippen LogP contribution in [0.15, 0.2) is 0 Å². The predicted molar refractivity (Wildman–Crippen MR) is 48.7 cm³/mol. The first-order valence-corrected chi connectivity index (χ1v) is 4.40. The topological polar surface area (TPSA) is 55.8 Å². The van der Waals surface area contributed by atoms with Crippen molar-refractivity contribution >= 4 is 5.97 Å². The van der Waals surface area contributed by atoms with Crippen molar-refractivity contribution in [2.24, 2.45) is 5.92 Å². The van der Waals surface area contributed by atoms with Crippen molar-refractivity contribution in [3.63, 3.8) is 0 Å². The van der Waals surface area contributed by atoms with Gasteiger partial charge in [-0.2, -0.15) is 0 Å². The maximum Gasteiger partial charge on any atom is 0.303 e. The van der Waals surface area contributed by atoms with Crippen LogP contribution in [0.1, 0.15) is 19.3 Å². The Bertz CT molecular complexity index is 130. The van der Waals surface area contributed by atoms with Crippen LogP contribution >= 0.6 is 0 Å². The largest absolute Gasteiger partial charge is 0.481 e. The van der Waals surface area contributed by atoms with Gasteiger partial charge in [0.2, 0.25) is 0 Å². The van der Waals surface area contributed by atoms with Crippen molar-refractivity contribution in [2.75, 3.05) is 27.4 Å². The highest BCUT2D eigenvalue weighted by Crippen LogP contribution is 2.09. The number of aliphatic carboxylic acids is 1. The third-order valence-corrected chi connectivity index (χ3v) is 1.81. The van der Waals surface area contributed by atoms with Crippen LogP contribution in [-0.4, -0.2) is 38.5 Å². The van der Waals surface area contributed by atoms with Crippen molar-refractivity contribution in [1.29, 1.82) is 0 Å². The molecule has 0 saturated heterocycles. The van der Waals surface area contributed by atoms with Crippen LogP contribution in [0.4, 0.5) is 0 Å². The number of rotatable bonds is 8. The van der Waals surface area contributed by atoms with Crippen molar-refractivity contribution in [3.8, 4) is 0 Å². The molecule has 0 heterocycles. The third-order valence-electron chi connectivity index (χ3n) is 1.81. The lowest BCUT2D eigenvalue weighted by Crippen LogP contribution is -2.14. The van der Waals surface area contributed by atoms with Crippen molar-refractivity contribution in [1.82, 2.24) is 0 Å². The highest BCUT2D eigenvalue weighted by molar-refractivity contribution is 5.66. The lowest BCUT2D eigenvalue weighted by atomic mass is 10.0. The highest BCUT2D eigenvalue weighted by atomic mass is 16.5. The molecule has 4 heteroatoms. The summed E-state index contributed by atoms with van der Waals surface area (Å²) < 4.78 is 9.97. The van der Waals surface area contributed by atoms with Gasteiger partial charge in [0.25, 0.3) is 0 Å². The van der Waals surface area contributed by atoms with Crippen LogP contribution in [0.3, 0.4) is 0 Å². The zero-order chi connectivity index (χ0) is 10.1. The Hall–Kier alpha value is -0.610. The van der Waals surface area contributed by atoms with E-state index in [1.807, 2.05) is 0 Å². The van der Waals surface area contributed by atoms with E-state index in [4.69, 9.17) is 14.6 Å². The summed E-state index contributed by atoms with van der Waals surface area (Å²) in [5, 5.41) is 8.42. The Balaban J connectivity index is 3.49. The molecule has 0 bridgehead atoms. The summed E-state index contributed by atoms with van der Waals surface area (Å²) in [5.74, 6) is -0.428. The van der Waals surface area contributed by atoms with Crippen LogP contribution < -0.4 is 0 Å². The van der Waals surface area contributed by atoms with Crippen LogP contribution in [-0.2, 0) is 14.3 Å². The second-order valence-corrected chi connectivity index (χ2v) is 3.06. The first-order valence-electron chi connectivity index (χ1n) is 4.40. The molecule has 0 unspecified atom stereocenters. The van der Waals surface area contributed by atoms with Crippen LogP contribution in [0, 0.1) is 5.92 Å². The maximum atomic E-state index is 10.2. The second-order valence-electron chi connectivity index (χ2n) is 3.06. The zero-order valence-corrected chi connectivity index (χ0v) is 8.28. The zero-order valence-electron chi connectivity index (χ0n) is 8.28. The molecule has 0 aromatic heterocycles. The molecule has 0 saturated carbocycles. The molecule has 78 valence electrons. The molecular weight excluding hydrogens is 172 g/mol. The van der Waals surface area contributed by atoms with Crippen molar-refractivity contribution in [2.45, 2.75) is 19.3 Å². The van der Waals surface area contributed by atoms with Crippen molar-refractivity contribution in [3.05, 3.63) is 0 Å². The van der Waals surface area contributed by atoms with Gasteiger partial charge in [-0.05, 0) is 12.8 Å². The van der Waals surface area contributed by atoms with Gasteiger partial charge < -0.3 is 14.6 Å². The predicted octanol–water partition coefficient (Wildman–Crippen LogP) is 1.15. The molecule has 0 amide bonds. The molecule has 0 spiro atoms. The Kier molecular flexibility index (Phi) is 7.63. The molecule has 1 N–H and O–H groups in total. The Morgan fingerprint density at radius 3 is 2.23 bits per heavy atom. The highest BCUT2D eigenvalue weighted by Gasteiger charge is 2.08. The SMILES string of the molecule is COCC(CCCC(=O)O)COC. The maximum absolute atomic E-state index is 10.2. The fraction of sp³-hybridized carbons (Fsp3) is 0.889. The van der Waals surface area contributed by atoms with Gasteiger partial charge in [-0.1, -0.05) is 0 Å². The van der Waals surface area contributed by atoms with Gasteiger partial charge in [0, 0.05) is 26.6 Å². The fourth-order valence-electron chi connectivity index (χ4n) is 1.23. The minimum absolute atomic E-state index is 0.226. The van der Waals surface area contributed by atoms with Gasteiger partial charge in [-0.3, -0.25) is 4.79 Å². The van der Waals surface area contributed by atoms with Gasteiger partial charge in [-0.25, -0.2) is 0 Å². The summed E-state index contributed by atoms with van der Waals surface area (Å²) in [6, 6.07) is 0. The minimum atomic E-state index is -0.742. The van der Waals surface area contributed by atoms with Crippen molar-refractivity contribution < 1.29 is 19.4 Å². The quantitative estimate of drug-likeness (QED) is 0.623. The number of hydrogen-bond donors (Lipinski definition) is 1. The first kappa shape index (κ1) is 12.4. The van der Waals surface area contributed by atoms with E-state index in [0.717, 1.165) is 6.42 Å². The van der Waals surface area contributed by atoms with Crippen LogP contribution in [0.25, 0.3) is 0 Å². The summed E-state index contributed by atoms with van der Waals surface area (Å²) in [5.41, 5.74) is 0. The molecule has 0 aliphatic carbocycles. The molecule has 0 fully saturated rings. The number of carbonyl (C=O) groups is 1. The standard InChI is InChI=1S/C9H18O4/c1-12-6-8(7-13-2)4-3-5-9(10)11/h8H,3-7H2,1-2H3,(H,10,11). The summed E-state index contributed by atoms with van der Waals surface area (Å²) in [7, 11) is 3.28. The van der Waals surface area contributed by atoms with E-state index < -0.39 is 5.97 Å². The molecule has 0 atom stereocenters. The van der Waals surface area contributed by atoms with E-state index >= 15 is 0 Å². The van der Waals surface area contributed by atoms with Crippen LogP contribution in [0.2, 0.25) is 0 Å². The van der Waals surface area contributed by atoms with E-state index in [1.54, 1.807) is 14.2 Å². The molecule has 0 aromatic rings. The molecule has 13 heavy (non-hydrogen) atoms. The van der Waals surface area contributed by atoms with Gasteiger partial charge in [0.15, 0.2) is 0 Å². The number of methoxy groups -OCH3 is 2. The monoisotopic (exact) mass is 190 g/mol. The normalized spacial score (nSPS) is 10.7. The van der Waals surface area contributed by atoms with Gasteiger partial charge in [0.05, 0.1) is 13.2 Å². The van der Waals surface area contributed by atoms with E-state index in [9.17, 15) is 4.79 Å². The number of carboxylic acids is 1. The summed E-state index contributed by atoms with van der Waals surface area (Å²) in [4.78, 5) is 10.2. The van der Waals surface area contributed by atoms with Gasteiger partial charge >= 0.3 is 5.97 Å². The number of carboxylic acid groups (broad SMARTS) is 1. The van der Waals surface area contributed by atoms with E-state index in [0.29, 0.717) is 25.6 Å². The minimum Gasteiger partial charge on any atom is -0.481 e. The van der Waals surface area contributed by atoms with Gasteiger partial charge in [-0.15, -0.1) is 0 Å². The summed E-state index contributed by atoms with van der Waals surface area (Å²) >= 11 is 0. The second kappa shape index (κ2) is 8.01. The lowest BCUT2D eigenvalue weighted by Gasteiger charge is -2.13. The Morgan fingerprint density at radius 1 is 1.31 bits per heavy atom. The first-order chi connectivity index (χ1) is 6.20. The van der Waals surface area contributed by atoms with E-state index in [-0.39, 0.29) is 6.42 Å². The summed E-state index contributed by atoms with van der Waals surface area (Å²) in [6.07, 6.45) is 1.75. The fourth-order valence-corrected chi connectivity index (χ4v) is 1.23. The molecule has 0 aromatic carbocycles. The third kappa shape index (κ3) is 7.74. The molecule has 4 nitrogen and oxygen atoms in total. The molecule has 0 aliphatic heterocycles. The van der Waals surface area contributed by atoms with Crippen LogP contribution in [0.5, 0.6) is 0 Å². The van der Waals surface area contributed by atoms with E-state index in [2.05, 4.69) is 0 Å². The molecule has 0 aliphatic rings. The average molecular weight is 190 g/mol. The number of ether oxygens (including phenoxy) is 2.